The number of ether oxygens (including phenoxy) is 2. The van der Waals surface area contributed by atoms with Crippen LogP contribution in [0.15, 0.2) is 24.3 Å². The van der Waals surface area contributed by atoms with E-state index in [4.69, 9.17) is 21.6 Å². The molecule has 1 fully saturated rings. The number of alkyl carbamates (subject to hydrolysis) is 1. The monoisotopic (exact) mass is 542 g/mol. The van der Waals surface area contributed by atoms with Crippen LogP contribution in [-0.4, -0.2) is 65.5 Å². The molecule has 11 heteroatoms. The van der Waals surface area contributed by atoms with Gasteiger partial charge in [-0.3, -0.25) is 19.2 Å². The highest BCUT2D eigenvalue weighted by Gasteiger charge is 2.44. The number of amides is 4. The van der Waals surface area contributed by atoms with Crippen molar-refractivity contribution in [1.82, 2.24) is 15.5 Å². The molecule has 1 aliphatic carbocycles. The Morgan fingerprint density at radius 1 is 1.15 bits per heavy atom. The maximum absolute atomic E-state index is 14.0. The topological polar surface area (TPSA) is 157 Å². The first-order valence-electron chi connectivity index (χ1n) is 13.0. The summed E-state index contributed by atoms with van der Waals surface area (Å²) in [6.45, 7) is 6.92. The Labute approximate surface area is 229 Å². The Morgan fingerprint density at radius 3 is 2.38 bits per heavy atom. The van der Waals surface area contributed by atoms with E-state index in [1.165, 1.54) is 4.90 Å². The second-order valence-corrected chi connectivity index (χ2v) is 10.2. The molecule has 0 heterocycles. The standard InChI is InChI=1S/C28H38N4O7/c1-6-18-10-8-9-11-20(18)24(25(35)30-17-16-23(34)38-7-2)32(19-12-13-19)26(36)21(14-15-22(29)33)31-27(37)39-28(3,4)5/h1,8-11,19,21,24H,7,12-17H2,2-5H3,(H2,29,33)(H,30,35)(H,31,37). The molecule has 2 unspecified atom stereocenters. The van der Waals surface area contributed by atoms with Crippen molar-refractivity contribution in [3.63, 3.8) is 0 Å². The van der Waals surface area contributed by atoms with Crippen LogP contribution in [0.5, 0.6) is 0 Å². The Kier molecular flexibility index (Phi) is 11.3. The maximum atomic E-state index is 14.0. The van der Waals surface area contributed by atoms with Crippen LogP contribution in [0.4, 0.5) is 4.79 Å². The highest BCUT2D eigenvalue weighted by atomic mass is 16.6. The number of nitrogens with zero attached hydrogens (tertiary/aromatic N) is 1. The zero-order valence-electron chi connectivity index (χ0n) is 23.0. The molecule has 1 saturated carbocycles. The average molecular weight is 543 g/mol. The number of nitrogens with two attached hydrogens (primary N) is 1. The molecule has 11 nitrogen and oxygen atoms in total. The van der Waals surface area contributed by atoms with E-state index in [9.17, 15) is 24.0 Å². The molecule has 4 N–H and O–H groups in total. The highest BCUT2D eigenvalue weighted by molar-refractivity contribution is 5.93. The molecular formula is C28H38N4O7. The lowest BCUT2D eigenvalue weighted by Gasteiger charge is -2.35. The first-order valence-corrected chi connectivity index (χ1v) is 13.0. The number of carbonyl (C=O) groups is 5. The highest BCUT2D eigenvalue weighted by Crippen LogP contribution is 2.36. The molecule has 0 bridgehead atoms. The molecule has 0 saturated heterocycles. The summed E-state index contributed by atoms with van der Waals surface area (Å²) >= 11 is 0. The minimum absolute atomic E-state index is 0.0135. The molecule has 2 rings (SSSR count). The van der Waals surface area contributed by atoms with Gasteiger partial charge in [0.1, 0.15) is 17.7 Å². The van der Waals surface area contributed by atoms with Crippen molar-refractivity contribution in [3.05, 3.63) is 35.4 Å². The van der Waals surface area contributed by atoms with E-state index in [-0.39, 0.29) is 38.5 Å². The van der Waals surface area contributed by atoms with Crippen LogP contribution in [0.2, 0.25) is 0 Å². The van der Waals surface area contributed by atoms with Gasteiger partial charge in [0.2, 0.25) is 17.7 Å². The van der Waals surface area contributed by atoms with Crippen LogP contribution in [0.1, 0.15) is 77.0 Å². The number of primary amides is 1. The van der Waals surface area contributed by atoms with Gasteiger partial charge < -0.3 is 30.7 Å². The number of rotatable bonds is 13. The molecule has 212 valence electrons. The fourth-order valence-electron chi connectivity index (χ4n) is 3.95. The second kappa shape index (κ2) is 14.2. The van der Waals surface area contributed by atoms with E-state index in [1.54, 1.807) is 52.0 Å². The number of terminal acetylenes is 1. The minimum atomic E-state index is -1.19. The number of hydrogen-bond acceptors (Lipinski definition) is 7. The average Bonchev–Trinajstić information content (AvgIpc) is 3.68. The molecule has 1 aromatic carbocycles. The van der Waals surface area contributed by atoms with Gasteiger partial charge in [0, 0.05) is 24.6 Å². The molecule has 39 heavy (non-hydrogen) atoms. The van der Waals surface area contributed by atoms with Crippen molar-refractivity contribution in [2.24, 2.45) is 5.73 Å². The van der Waals surface area contributed by atoms with Crippen LogP contribution >= 0.6 is 0 Å². The van der Waals surface area contributed by atoms with Gasteiger partial charge in [-0.1, -0.05) is 24.1 Å². The summed E-state index contributed by atoms with van der Waals surface area (Å²) in [6.07, 6.45) is 5.81. The van der Waals surface area contributed by atoms with E-state index >= 15 is 0 Å². The van der Waals surface area contributed by atoms with Crippen LogP contribution in [-0.2, 0) is 28.7 Å². The van der Waals surface area contributed by atoms with Gasteiger partial charge in [-0.2, -0.15) is 0 Å². The molecule has 2 atom stereocenters. The Balaban J connectivity index is 2.44. The number of carbonyl (C=O) groups excluding carboxylic acids is 5. The van der Waals surface area contributed by atoms with Gasteiger partial charge >= 0.3 is 12.1 Å². The van der Waals surface area contributed by atoms with Gasteiger partial charge in [0.05, 0.1) is 13.0 Å². The third-order valence-corrected chi connectivity index (χ3v) is 5.73. The minimum Gasteiger partial charge on any atom is -0.466 e. The van der Waals surface area contributed by atoms with Crippen LogP contribution < -0.4 is 16.4 Å². The van der Waals surface area contributed by atoms with Crippen LogP contribution in [0.25, 0.3) is 0 Å². The van der Waals surface area contributed by atoms with E-state index < -0.39 is 47.5 Å². The number of hydrogen-bond donors (Lipinski definition) is 3. The molecule has 0 aliphatic heterocycles. The van der Waals surface area contributed by atoms with E-state index in [0.717, 1.165) is 0 Å². The molecule has 0 radical (unpaired) electrons. The lowest BCUT2D eigenvalue weighted by atomic mass is 9.96. The summed E-state index contributed by atoms with van der Waals surface area (Å²) in [4.78, 5) is 65.0. The molecule has 0 aromatic heterocycles. The van der Waals surface area contributed by atoms with Crippen molar-refractivity contribution in [3.8, 4) is 12.3 Å². The molecule has 0 spiro atoms. The molecule has 4 amide bonds. The second-order valence-electron chi connectivity index (χ2n) is 10.2. The van der Waals surface area contributed by atoms with Gasteiger partial charge in [0.15, 0.2) is 0 Å². The molecule has 1 aromatic rings. The largest absolute Gasteiger partial charge is 0.466 e. The van der Waals surface area contributed by atoms with Gasteiger partial charge in [-0.15, -0.1) is 6.42 Å². The third-order valence-electron chi connectivity index (χ3n) is 5.73. The normalized spacial score (nSPS) is 14.2. The first kappa shape index (κ1) is 31.1. The number of nitrogens with one attached hydrogen (secondary N) is 2. The van der Waals surface area contributed by atoms with E-state index in [0.29, 0.717) is 24.0 Å². The Hall–Kier alpha value is -4.07. The van der Waals surface area contributed by atoms with Crippen LogP contribution in [0.3, 0.4) is 0 Å². The fraction of sp³-hybridized carbons (Fsp3) is 0.536. The predicted octanol–water partition coefficient (Wildman–Crippen LogP) is 1.93. The van der Waals surface area contributed by atoms with Gasteiger partial charge in [0.25, 0.3) is 0 Å². The summed E-state index contributed by atoms with van der Waals surface area (Å²) in [5.74, 6) is 0.309. The Bertz CT molecular complexity index is 1100. The SMILES string of the molecule is C#Cc1ccccc1C(C(=O)NCCC(=O)OCC)N(C(=O)C(CCC(N)=O)NC(=O)OC(C)(C)C)C1CC1. The van der Waals surface area contributed by atoms with Crippen LogP contribution in [0, 0.1) is 12.3 Å². The molecular weight excluding hydrogens is 504 g/mol. The van der Waals surface area contributed by atoms with E-state index in [1.807, 2.05) is 0 Å². The summed E-state index contributed by atoms with van der Waals surface area (Å²) in [7, 11) is 0. The predicted molar refractivity (Wildman–Crippen MR) is 143 cm³/mol. The van der Waals surface area contributed by atoms with Crippen molar-refractivity contribution in [2.75, 3.05) is 13.2 Å². The summed E-state index contributed by atoms with van der Waals surface area (Å²) < 4.78 is 10.2. The quantitative estimate of drug-likeness (QED) is 0.254. The number of esters is 1. The summed E-state index contributed by atoms with van der Waals surface area (Å²) in [5, 5.41) is 5.26. The van der Waals surface area contributed by atoms with Crippen molar-refractivity contribution in [2.45, 2.75) is 83.5 Å². The van der Waals surface area contributed by atoms with Gasteiger partial charge in [-0.05, 0) is 58.6 Å². The van der Waals surface area contributed by atoms with Crippen molar-refractivity contribution in [1.29, 1.82) is 0 Å². The van der Waals surface area contributed by atoms with Crippen molar-refractivity contribution >= 4 is 29.8 Å². The van der Waals surface area contributed by atoms with Gasteiger partial charge in [-0.25, -0.2) is 4.79 Å². The zero-order chi connectivity index (χ0) is 29.2. The lowest BCUT2D eigenvalue weighted by molar-refractivity contribution is -0.145. The van der Waals surface area contributed by atoms with E-state index in [2.05, 4.69) is 16.6 Å². The summed E-state index contributed by atoms with van der Waals surface area (Å²) in [6, 6.07) is 4.09. The first-order chi connectivity index (χ1) is 18.4. The fourth-order valence-corrected chi connectivity index (χ4v) is 3.95. The lowest BCUT2D eigenvalue weighted by Crippen LogP contribution is -2.54. The summed E-state index contributed by atoms with van der Waals surface area (Å²) in [5.41, 5.74) is 5.33. The third kappa shape index (κ3) is 9.96. The maximum Gasteiger partial charge on any atom is 0.408 e. The smallest absolute Gasteiger partial charge is 0.408 e. The zero-order valence-corrected chi connectivity index (χ0v) is 23.0. The van der Waals surface area contributed by atoms with Crippen molar-refractivity contribution < 1.29 is 33.4 Å². The number of benzene rings is 1. The molecule has 1 aliphatic rings. The Morgan fingerprint density at radius 2 is 1.82 bits per heavy atom.